The Morgan fingerprint density at radius 3 is 2.74 bits per heavy atom. The van der Waals surface area contributed by atoms with Crippen LogP contribution in [0.15, 0.2) is 18.2 Å². The Labute approximate surface area is 133 Å². The van der Waals surface area contributed by atoms with E-state index in [9.17, 15) is 5.26 Å². The number of hydrogen-bond acceptors (Lipinski definition) is 6. The quantitative estimate of drug-likeness (QED) is 0.768. The second-order valence-corrected chi connectivity index (χ2v) is 5.40. The molecule has 0 amide bonds. The van der Waals surface area contributed by atoms with Crippen molar-refractivity contribution in [1.82, 2.24) is 19.6 Å². The zero-order valence-corrected chi connectivity index (χ0v) is 13.3. The van der Waals surface area contributed by atoms with Crippen molar-refractivity contribution in [3.8, 4) is 6.07 Å². The average molecular weight is 307 g/mol. The van der Waals surface area contributed by atoms with Crippen LogP contribution in [-0.4, -0.2) is 19.6 Å². The van der Waals surface area contributed by atoms with E-state index >= 15 is 0 Å². The Hall–Kier alpha value is -3.14. The van der Waals surface area contributed by atoms with Crippen LogP contribution < -0.4 is 11.1 Å². The summed E-state index contributed by atoms with van der Waals surface area (Å²) in [5.74, 6) is 0.734. The molecule has 0 fully saturated rings. The molecule has 3 aromatic rings. The van der Waals surface area contributed by atoms with Crippen molar-refractivity contribution in [2.24, 2.45) is 0 Å². The van der Waals surface area contributed by atoms with Crippen molar-refractivity contribution in [2.45, 2.75) is 27.3 Å². The number of fused-ring (bicyclic) bond motifs is 1. The summed E-state index contributed by atoms with van der Waals surface area (Å²) < 4.78 is 1.51. The number of nitrogens with two attached hydrogens (primary N) is 1. The minimum Gasteiger partial charge on any atom is -0.382 e. The van der Waals surface area contributed by atoms with Gasteiger partial charge >= 0.3 is 0 Å². The molecule has 0 unspecified atom stereocenters. The number of rotatable bonds is 3. The van der Waals surface area contributed by atoms with Gasteiger partial charge in [0.15, 0.2) is 11.5 Å². The number of aromatic nitrogens is 4. The van der Waals surface area contributed by atoms with Crippen LogP contribution in [0.5, 0.6) is 0 Å². The number of anilines is 2. The van der Waals surface area contributed by atoms with Gasteiger partial charge in [-0.05, 0) is 32.9 Å². The summed E-state index contributed by atoms with van der Waals surface area (Å²) in [5, 5.41) is 16.9. The van der Waals surface area contributed by atoms with Gasteiger partial charge in [-0.3, -0.25) is 4.98 Å². The van der Waals surface area contributed by atoms with Gasteiger partial charge in [0.25, 0.3) is 0 Å². The van der Waals surface area contributed by atoms with E-state index in [1.54, 1.807) is 0 Å². The lowest BCUT2D eigenvalue weighted by Gasteiger charge is -2.10. The number of nitriles is 1. The molecule has 7 nitrogen and oxygen atoms in total. The molecule has 23 heavy (non-hydrogen) atoms. The summed E-state index contributed by atoms with van der Waals surface area (Å²) in [6, 6.07) is 7.90. The van der Waals surface area contributed by atoms with E-state index in [-0.39, 0.29) is 11.4 Å². The van der Waals surface area contributed by atoms with E-state index in [1.807, 2.05) is 39.0 Å². The molecule has 0 aliphatic heterocycles. The number of aryl methyl sites for hydroxylation is 3. The molecule has 7 heteroatoms. The van der Waals surface area contributed by atoms with Crippen LogP contribution in [0.25, 0.3) is 5.65 Å². The summed E-state index contributed by atoms with van der Waals surface area (Å²) in [7, 11) is 0. The molecule has 3 aromatic heterocycles. The monoisotopic (exact) mass is 307 g/mol. The smallest absolute Gasteiger partial charge is 0.162 e. The maximum atomic E-state index is 9.41. The van der Waals surface area contributed by atoms with E-state index in [2.05, 4.69) is 26.5 Å². The molecule has 3 N–H and O–H groups in total. The summed E-state index contributed by atoms with van der Waals surface area (Å²) in [6.07, 6.45) is 0. The average Bonchev–Trinajstić information content (AvgIpc) is 2.81. The zero-order valence-electron chi connectivity index (χ0n) is 13.3. The van der Waals surface area contributed by atoms with E-state index in [1.165, 1.54) is 4.52 Å². The summed E-state index contributed by atoms with van der Waals surface area (Å²) in [6.45, 7) is 6.22. The number of nitrogens with one attached hydrogen (secondary N) is 1. The van der Waals surface area contributed by atoms with Gasteiger partial charge < -0.3 is 11.1 Å². The van der Waals surface area contributed by atoms with Crippen molar-refractivity contribution < 1.29 is 0 Å². The molecule has 0 aliphatic carbocycles. The second-order valence-electron chi connectivity index (χ2n) is 5.40. The van der Waals surface area contributed by atoms with Crippen molar-refractivity contribution in [3.05, 3.63) is 46.4 Å². The number of nitrogens with zero attached hydrogens (tertiary/aromatic N) is 5. The molecule has 0 saturated carbocycles. The minimum atomic E-state index is 0.285. The molecule has 0 atom stereocenters. The molecule has 3 rings (SSSR count). The van der Waals surface area contributed by atoms with Crippen molar-refractivity contribution >= 4 is 17.3 Å². The predicted molar refractivity (Wildman–Crippen MR) is 87.9 cm³/mol. The van der Waals surface area contributed by atoms with E-state index in [4.69, 9.17) is 5.73 Å². The molecule has 0 aromatic carbocycles. The normalized spacial score (nSPS) is 10.7. The fourth-order valence-corrected chi connectivity index (χ4v) is 2.39. The number of nitrogen functional groups attached to an aromatic ring is 1. The highest BCUT2D eigenvalue weighted by molar-refractivity contribution is 5.69. The minimum absolute atomic E-state index is 0.285. The first-order chi connectivity index (χ1) is 11.0. The van der Waals surface area contributed by atoms with E-state index < -0.39 is 0 Å². The molecule has 116 valence electrons. The maximum absolute atomic E-state index is 9.41. The topological polar surface area (TPSA) is 105 Å². The molecule has 3 heterocycles. The molecule has 0 radical (unpaired) electrons. The Kier molecular flexibility index (Phi) is 3.58. The largest absolute Gasteiger partial charge is 0.382 e. The SMILES string of the molecule is Cc1cccc(CNc2nc3c(C)c(C)nn3c(N)c2C#N)n1. The van der Waals surface area contributed by atoms with Gasteiger partial charge in [-0.15, -0.1) is 0 Å². The molecule has 0 aliphatic rings. The predicted octanol–water partition coefficient (Wildman–Crippen LogP) is 2.12. The van der Waals surface area contributed by atoms with Gasteiger partial charge in [-0.2, -0.15) is 14.9 Å². The molecule has 0 spiro atoms. The standard InChI is InChI=1S/C16H17N7/c1-9-5-4-6-12(20-9)8-19-15-13(7-17)14(18)23-16(21-15)10(2)11(3)22-23/h4-6H,8,18H2,1-3H3,(H,19,21). The van der Waals surface area contributed by atoms with Gasteiger partial charge in [-0.25, -0.2) is 4.98 Å². The van der Waals surface area contributed by atoms with Crippen molar-refractivity contribution in [1.29, 1.82) is 5.26 Å². The summed E-state index contributed by atoms with van der Waals surface area (Å²) >= 11 is 0. The van der Waals surface area contributed by atoms with E-state index in [0.717, 1.165) is 22.6 Å². The third-order valence-electron chi connectivity index (χ3n) is 3.76. The fourth-order valence-electron chi connectivity index (χ4n) is 2.39. The van der Waals surface area contributed by atoms with Gasteiger partial charge in [0.2, 0.25) is 0 Å². The van der Waals surface area contributed by atoms with E-state index in [0.29, 0.717) is 18.0 Å². The Morgan fingerprint density at radius 2 is 2.04 bits per heavy atom. The highest BCUT2D eigenvalue weighted by Gasteiger charge is 2.17. The highest BCUT2D eigenvalue weighted by Crippen LogP contribution is 2.24. The van der Waals surface area contributed by atoms with Crippen LogP contribution in [0, 0.1) is 32.1 Å². The first-order valence-electron chi connectivity index (χ1n) is 7.23. The van der Waals surface area contributed by atoms with Gasteiger partial charge in [0.05, 0.1) is 17.9 Å². The highest BCUT2D eigenvalue weighted by atomic mass is 15.3. The van der Waals surface area contributed by atoms with Crippen LogP contribution in [-0.2, 0) is 6.54 Å². The Bertz CT molecular complexity index is 934. The summed E-state index contributed by atoms with van der Waals surface area (Å²) in [4.78, 5) is 8.95. The van der Waals surface area contributed by atoms with Crippen LogP contribution >= 0.6 is 0 Å². The van der Waals surface area contributed by atoms with Gasteiger partial charge in [-0.1, -0.05) is 6.07 Å². The zero-order chi connectivity index (χ0) is 16.6. The Balaban J connectivity index is 2.03. The van der Waals surface area contributed by atoms with Gasteiger partial charge in [0, 0.05) is 11.3 Å². The van der Waals surface area contributed by atoms with Crippen LogP contribution in [0.3, 0.4) is 0 Å². The maximum Gasteiger partial charge on any atom is 0.162 e. The third-order valence-corrected chi connectivity index (χ3v) is 3.76. The van der Waals surface area contributed by atoms with Crippen LogP contribution in [0.1, 0.15) is 28.2 Å². The first-order valence-corrected chi connectivity index (χ1v) is 7.23. The lowest BCUT2D eigenvalue weighted by Crippen LogP contribution is -2.11. The molecule has 0 saturated heterocycles. The van der Waals surface area contributed by atoms with Crippen LogP contribution in [0.2, 0.25) is 0 Å². The molecule has 0 bridgehead atoms. The Morgan fingerprint density at radius 1 is 1.26 bits per heavy atom. The number of hydrogen-bond donors (Lipinski definition) is 2. The third kappa shape index (κ3) is 2.55. The fraction of sp³-hybridized carbons (Fsp3) is 0.250. The van der Waals surface area contributed by atoms with Crippen molar-refractivity contribution in [3.63, 3.8) is 0 Å². The molecular formula is C16H17N7. The van der Waals surface area contributed by atoms with Crippen molar-refractivity contribution in [2.75, 3.05) is 11.1 Å². The second kappa shape index (κ2) is 5.57. The lowest BCUT2D eigenvalue weighted by molar-refractivity contribution is 0.920. The van der Waals surface area contributed by atoms with Crippen LogP contribution in [0.4, 0.5) is 11.6 Å². The first kappa shape index (κ1) is 14.8. The summed E-state index contributed by atoms with van der Waals surface area (Å²) in [5.41, 5.74) is 10.6. The van der Waals surface area contributed by atoms with Gasteiger partial charge in [0.1, 0.15) is 17.5 Å². The lowest BCUT2D eigenvalue weighted by atomic mass is 10.2. The number of pyridine rings is 1. The molecular weight excluding hydrogens is 290 g/mol.